The number of hydrogen-bond donors (Lipinski definition) is 0. The Morgan fingerprint density at radius 2 is 1.14 bits per heavy atom. The molecule has 9 aromatic carbocycles. The number of thiophene rings is 1. The SMILES string of the molecule is c1ccc(-n2c3ccc(N(c4ccc(-c5cccnc5)cc4)c4cc5ccccc5c5ccccc45)cc3c3cc4c(ccc5c6ccccc6sc45)cc32)cc1. The number of anilines is 3. The third kappa shape index (κ3) is 5.01. The van der Waals surface area contributed by atoms with Gasteiger partial charge in [-0.15, -0.1) is 11.3 Å². The lowest BCUT2D eigenvalue weighted by Gasteiger charge is -2.28. The lowest BCUT2D eigenvalue weighted by Crippen LogP contribution is -2.10. The van der Waals surface area contributed by atoms with Gasteiger partial charge in [-0.25, -0.2) is 0 Å². The smallest absolute Gasteiger partial charge is 0.0547 e. The van der Waals surface area contributed by atoms with Gasteiger partial charge in [-0.3, -0.25) is 4.98 Å². The molecule has 0 radical (unpaired) electrons. The summed E-state index contributed by atoms with van der Waals surface area (Å²) in [6.07, 6.45) is 3.75. The second-order valence-electron chi connectivity index (χ2n) is 14.8. The minimum absolute atomic E-state index is 1.09. The van der Waals surface area contributed by atoms with Crippen molar-refractivity contribution in [3.8, 4) is 16.8 Å². The van der Waals surface area contributed by atoms with Crippen molar-refractivity contribution >= 4 is 103 Å². The highest BCUT2D eigenvalue weighted by atomic mass is 32.1. The summed E-state index contributed by atoms with van der Waals surface area (Å²) in [6, 6.07) is 69.0. The fraction of sp³-hybridized carbons (Fsp3) is 0. The first-order valence-electron chi connectivity index (χ1n) is 19.4. The Hall–Kier alpha value is -7.27. The molecule has 266 valence electrons. The molecular formula is C53H33N3S. The summed E-state index contributed by atoms with van der Waals surface area (Å²) in [7, 11) is 0. The molecule has 0 atom stereocenters. The number of fused-ring (bicyclic) bond motifs is 11. The average Bonchev–Trinajstić information content (AvgIpc) is 3.82. The summed E-state index contributed by atoms with van der Waals surface area (Å²) in [5, 5.41) is 12.5. The highest BCUT2D eigenvalue weighted by molar-refractivity contribution is 7.26. The average molecular weight is 744 g/mol. The van der Waals surface area contributed by atoms with Crippen LogP contribution in [0.15, 0.2) is 200 Å². The summed E-state index contributed by atoms with van der Waals surface area (Å²) in [5.41, 5.74) is 9.09. The van der Waals surface area contributed by atoms with Crippen molar-refractivity contribution in [2.75, 3.05) is 4.90 Å². The topological polar surface area (TPSA) is 21.1 Å². The molecule has 3 heterocycles. The Kier molecular flexibility index (Phi) is 7.10. The van der Waals surface area contributed by atoms with E-state index >= 15 is 0 Å². The van der Waals surface area contributed by atoms with Crippen LogP contribution in [0.2, 0.25) is 0 Å². The van der Waals surface area contributed by atoms with E-state index in [1.165, 1.54) is 74.3 Å². The summed E-state index contributed by atoms with van der Waals surface area (Å²) in [4.78, 5) is 6.83. The van der Waals surface area contributed by atoms with Crippen LogP contribution in [0.3, 0.4) is 0 Å². The molecule has 4 heteroatoms. The van der Waals surface area contributed by atoms with Gasteiger partial charge in [-0.05, 0) is 105 Å². The molecule has 0 saturated heterocycles. The summed E-state index contributed by atoms with van der Waals surface area (Å²) >= 11 is 1.89. The van der Waals surface area contributed by atoms with E-state index in [-0.39, 0.29) is 0 Å². The summed E-state index contributed by atoms with van der Waals surface area (Å²) in [5.74, 6) is 0. The number of aromatic nitrogens is 2. The molecule has 57 heavy (non-hydrogen) atoms. The molecule has 0 aliphatic rings. The molecule has 0 aliphatic heterocycles. The van der Waals surface area contributed by atoms with Gasteiger partial charge < -0.3 is 9.47 Å². The van der Waals surface area contributed by atoms with Crippen LogP contribution in [0, 0.1) is 0 Å². The van der Waals surface area contributed by atoms with Gasteiger partial charge in [0.2, 0.25) is 0 Å². The maximum atomic E-state index is 4.39. The zero-order valence-corrected chi connectivity index (χ0v) is 31.6. The van der Waals surface area contributed by atoms with E-state index in [1.807, 2.05) is 29.8 Å². The van der Waals surface area contributed by atoms with Crippen molar-refractivity contribution < 1.29 is 0 Å². The Labute approximate surface area is 332 Å². The van der Waals surface area contributed by atoms with Gasteiger partial charge in [0, 0.05) is 71.2 Å². The molecule has 0 bridgehead atoms. The predicted octanol–water partition coefficient (Wildman–Crippen LogP) is 15.1. The number of pyridine rings is 1. The lowest BCUT2D eigenvalue weighted by atomic mass is 9.98. The number of nitrogens with zero attached hydrogens (tertiary/aromatic N) is 3. The van der Waals surface area contributed by atoms with Crippen molar-refractivity contribution in [3.63, 3.8) is 0 Å². The minimum Gasteiger partial charge on any atom is -0.310 e. The molecule has 12 rings (SSSR count). The summed E-state index contributed by atoms with van der Waals surface area (Å²) < 4.78 is 5.09. The minimum atomic E-state index is 1.09. The first kappa shape index (κ1) is 32.0. The van der Waals surface area contributed by atoms with Gasteiger partial charge in [0.15, 0.2) is 0 Å². The highest BCUT2D eigenvalue weighted by Crippen LogP contribution is 2.46. The van der Waals surface area contributed by atoms with E-state index in [1.54, 1.807) is 0 Å². The van der Waals surface area contributed by atoms with Gasteiger partial charge in [0.1, 0.15) is 0 Å². The molecule has 0 aliphatic carbocycles. The van der Waals surface area contributed by atoms with E-state index in [9.17, 15) is 0 Å². The van der Waals surface area contributed by atoms with Crippen molar-refractivity contribution in [1.29, 1.82) is 0 Å². The van der Waals surface area contributed by atoms with Crippen LogP contribution in [-0.4, -0.2) is 9.55 Å². The molecule has 0 saturated carbocycles. The van der Waals surface area contributed by atoms with Crippen LogP contribution in [-0.2, 0) is 0 Å². The maximum absolute atomic E-state index is 4.39. The first-order valence-corrected chi connectivity index (χ1v) is 20.2. The van der Waals surface area contributed by atoms with Crippen molar-refractivity contribution in [2.45, 2.75) is 0 Å². The van der Waals surface area contributed by atoms with Gasteiger partial charge >= 0.3 is 0 Å². The molecule has 0 spiro atoms. The van der Waals surface area contributed by atoms with Crippen molar-refractivity contribution in [1.82, 2.24) is 9.55 Å². The molecule has 0 fully saturated rings. The predicted molar refractivity (Wildman–Crippen MR) is 244 cm³/mol. The highest BCUT2D eigenvalue weighted by Gasteiger charge is 2.21. The number of hydrogen-bond acceptors (Lipinski definition) is 3. The zero-order chi connectivity index (χ0) is 37.5. The van der Waals surface area contributed by atoms with E-state index in [0.717, 1.165) is 33.9 Å². The standard InChI is InChI=1S/C53H33N3S/c1-2-13-38(14-3-1)56-49-27-25-40(31-47(49)48-32-46-36(30-51(48)56)22-26-45-44-18-8-9-19-52(44)57-53(45)46)55(39-23-20-34(21-24-39)37-12-10-28-54-33-37)50-29-35-11-4-5-15-41(35)42-16-6-7-17-43(42)50/h1-33H. The van der Waals surface area contributed by atoms with E-state index in [2.05, 4.69) is 196 Å². The largest absolute Gasteiger partial charge is 0.310 e. The zero-order valence-electron chi connectivity index (χ0n) is 30.8. The monoisotopic (exact) mass is 743 g/mol. The number of benzene rings is 9. The molecule has 0 amide bonds. The van der Waals surface area contributed by atoms with Gasteiger partial charge in [0.25, 0.3) is 0 Å². The first-order chi connectivity index (χ1) is 28.3. The quantitative estimate of drug-likeness (QED) is 0.164. The second-order valence-corrected chi connectivity index (χ2v) is 15.8. The van der Waals surface area contributed by atoms with E-state index < -0.39 is 0 Å². The van der Waals surface area contributed by atoms with Crippen LogP contribution < -0.4 is 4.90 Å². The molecule has 3 aromatic heterocycles. The van der Waals surface area contributed by atoms with Crippen LogP contribution >= 0.6 is 11.3 Å². The van der Waals surface area contributed by atoms with Crippen LogP contribution in [0.25, 0.3) is 91.1 Å². The lowest BCUT2D eigenvalue weighted by molar-refractivity contribution is 1.18. The molecule has 3 nitrogen and oxygen atoms in total. The Morgan fingerprint density at radius 3 is 1.98 bits per heavy atom. The number of rotatable bonds is 5. The van der Waals surface area contributed by atoms with Crippen LogP contribution in [0.4, 0.5) is 17.1 Å². The fourth-order valence-corrected chi connectivity index (χ4v) is 10.2. The van der Waals surface area contributed by atoms with Crippen LogP contribution in [0.1, 0.15) is 0 Å². The Balaban J connectivity index is 1.15. The fourth-order valence-electron chi connectivity index (χ4n) is 8.99. The van der Waals surface area contributed by atoms with Crippen LogP contribution in [0.5, 0.6) is 0 Å². The second kappa shape index (κ2) is 12.6. The van der Waals surface area contributed by atoms with Gasteiger partial charge in [-0.1, -0.05) is 115 Å². The molecular weight excluding hydrogens is 711 g/mol. The van der Waals surface area contributed by atoms with Gasteiger partial charge in [-0.2, -0.15) is 0 Å². The third-order valence-corrected chi connectivity index (χ3v) is 12.8. The third-order valence-electron chi connectivity index (χ3n) is 11.6. The maximum Gasteiger partial charge on any atom is 0.0547 e. The number of para-hydroxylation sites is 1. The molecule has 0 unspecified atom stereocenters. The van der Waals surface area contributed by atoms with E-state index in [4.69, 9.17) is 0 Å². The van der Waals surface area contributed by atoms with Crippen molar-refractivity contribution in [2.24, 2.45) is 0 Å². The Morgan fingerprint density at radius 1 is 0.421 bits per heavy atom. The normalized spacial score (nSPS) is 11.9. The van der Waals surface area contributed by atoms with Crippen molar-refractivity contribution in [3.05, 3.63) is 200 Å². The Bertz CT molecular complexity index is 3510. The van der Waals surface area contributed by atoms with Gasteiger partial charge in [0.05, 0.1) is 16.7 Å². The summed E-state index contributed by atoms with van der Waals surface area (Å²) in [6.45, 7) is 0. The molecule has 0 N–H and O–H groups in total. The molecule has 12 aromatic rings. The van der Waals surface area contributed by atoms with E-state index in [0.29, 0.717) is 0 Å².